The SMILES string of the molecule is Cc1ccc(Sc2ncccc2C(=O)Nc2ccn(CCc3ccncc3)n2)c(C)c1. The molecule has 0 saturated heterocycles. The summed E-state index contributed by atoms with van der Waals surface area (Å²) >= 11 is 1.50. The summed E-state index contributed by atoms with van der Waals surface area (Å²) in [5.74, 6) is 0.297. The lowest BCUT2D eigenvalue weighted by atomic mass is 10.2. The molecule has 0 aliphatic carbocycles. The molecular formula is C24H23N5OS. The molecule has 4 rings (SSSR count). The van der Waals surface area contributed by atoms with E-state index in [1.807, 2.05) is 23.0 Å². The summed E-state index contributed by atoms with van der Waals surface area (Å²) in [7, 11) is 0. The number of aryl methyl sites for hydroxylation is 4. The van der Waals surface area contributed by atoms with Crippen LogP contribution in [0.4, 0.5) is 5.82 Å². The zero-order valence-corrected chi connectivity index (χ0v) is 18.3. The van der Waals surface area contributed by atoms with E-state index in [9.17, 15) is 4.79 Å². The zero-order valence-electron chi connectivity index (χ0n) is 17.4. The highest BCUT2D eigenvalue weighted by atomic mass is 32.2. The Labute approximate surface area is 185 Å². The predicted molar refractivity (Wildman–Crippen MR) is 122 cm³/mol. The van der Waals surface area contributed by atoms with Gasteiger partial charge in [-0.3, -0.25) is 14.5 Å². The van der Waals surface area contributed by atoms with Crippen molar-refractivity contribution in [2.24, 2.45) is 0 Å². The maximum atomic E-state index is 12.9. The number of carbonyl (C=O) groups is 1. The summed E-state index contributed by atoms with van der Waals surface area (Å²) in [6.07, 6.45) is 7.98. The van der Waals surface area contributed by atoms with Gasteiger partial charge in [0.15, 0.2) is 5.82 Å². The minimum atomic E-state index is -0.222. The van der Waals surface area contributed by atoms with Crippen LogP contribution < -0.4 is 5.32 Å². The van der Waals surface area contributed by atoms with Crippen molar-refractivity contribution >= 4 is 23.5 Å². The molecule has 0 fully saturated rings. The van der Waals surface area contributed by atoms with Crippen LogP contribution >= 0.6 is 11.8 Å². The first-order valence-corrected chi connectivity index (χ1v) is 10.8. The van der Waals surface area contributed by atoms with Gasteiger partial charge < -0.3 is 5.32 Å². The van der Waals surface area contributed by atoms with Gasteiger partial charge in [0.25, 0.3) is 5.91 Å². The molecule has 0 saturated carbocycles. The molecule has 0 radical (unpaired) electrons. The Morgan fingerprint density at radius 3 is 2.71 bits per heavy atom. The zero-order chi connectivity index (χ0) is 21.6. The molecule has 7 heteroatoms. The van der Waals surface area contributed by atoms with E-state index >= 15 is 0 Å². The summed E-state index contributed by atoms with van der Waals surface area (Å²) in [5.41, 5.74) is 4.09. The number of carbonyl (C=O) groups excluding carboxylic acids is 1. The van der Waals surface area contributed by atoms with Crippen molar-refractivity contribution in [1.82, 2.24) is 19.7 Å². The van der Waals surface area contributed by atoms with Crippen LogP contribution in [0.1, 0.15) is 27.0 Å². The van der Waals surface area contributed by atoms with Gasteiger partial charge in [0.1, 0.15) is 5.03 Å². The number of hydrogen-bond donors (Lipinski definition) is 1. The van der Waals surface area contributed by atoms with E-state index in [2.05, 4.69) is 52.4 Å². The molecule has 0 atom stereocenters. The van der Waals surface area contributed by atoms with Crippen molar-refractivity contribution < 1.29 is 4.79 Å². The average Bonchev–Trinajstić information content (AvgIpc) is 3.22. The monoisotopic (exact) mass is 429 g/mol. The lowest BCUT2D eigenvalue weighted by molar-refractivity contribution is 0.102. The fourth-order valence-electron chi connectivity index (χ4n) is 3.19. The third kappa shape index (κ3) is 5.38. The first-order chi connectivity index (χ1) is 15.1. The summed E-state index contributed by atoms with van der Waals surface area (Å²) in [6.45, 7) is 4.86. The summed E-state index contributed by atoms with van der Waals surface area (Å²) in [6, 6.07) is 15.6. The van der Waals surface area contributed by atoms with Gasteiger partial charge in [-0.1, -0.05) is 29.5 Å². The van der Waals surface area contributed by atoms with Crippen molar-refractivity contribution in [3.8, 4) is 0 Å². The van der Waals surface area contributed by atoms with Gasteiger partial charge in [0.2, 0.25) is 0 Å². The third-order valence-electron chi connectivity index (χ3n) is 4.81. The van der Waals surface area contributed by atoms with Gasteiger partial charge in [-0.2, -0.15) is 5.10 Å². The number of hydrogen-bond acceptors (Lipinski definition) is 5. The molecule has 31 heavy (non-hydrogen) atoms. The highest BCUT2D eigenvalue weighted by Gasteiger charge is 2.15. The van der Waals surface area contributed by atoms with Crippen LogP contribution in [0.15, 0.2) is 83.2 Å². The van der Waals surface area contributed by atoms with Crippen LogP contribution in [-0.2, 0) is 13.0 Å². The Hall–Kier alpha value is -3.45. The smallest absolute Gasteiger partial charge is 0.259 e. The highest BCUT2D eigenvalue weighted by Crippen LogP contribution is 2.31. The van der Waals surface area contributed by atoms with E-state index in [0.29, 0.717) is 16.4 Å². The number of aromatic nitrogens is 4. The summed E-state index contributed by atoms with van der Waals surface area (Å²) in [4.78, 5) is 22.5. The Kier molecular flexibility index (Phi) is 6.43. The van der Waals surface area contributed by atoms with E-state index in [1.54, 1.807) is 36.8 Å². The van der Waals surface area contributed by atoms with Gasteiger partial charge in [0.05, 0.1) is 5.56 Å². The minimum Gasteiger partial charge on any atom is -0.305 e. The second-order valence-electron chi connectivity index (χ2n) is 7.25. The third-order valence-corrected chi connectivity index (χ3v) is 6.01. The molecule has 4 aromatic rings. The molecule has 3 heterocycles. The van der Waals surface area contributed by atoms with E-state index in [0.717, 1.165) is 23.4 Å². The molecule has 1 aromatic carbocycles. The average molecular weight is 430 g/mol. The van der Waals surface area contributed by atoms with Crippen molar-refractivity contribution in [1.29, 1.82) is 0 Å². The van der Waals surface area contributed by atoms with Gasteiger partial charge in [0, 0.05) is 42.3 Å². The first kappa shape index (κ1) is 20.8. The number of amides is 1. The summed E-state index contributed by atoms with van der Waals surface area (Å²) in [5, 5.41) is 8.03. The van der Waals surface area contributed by atoms with Crippen LogP contribution in [0.2, 0.25) is 0 Å². The molecule has 0 spiro atoms. The van der Waals surface area contributed by atoms with E-state index < -0.39 is 0 Å². The molecule has 0 unspecified atom stereocenters. The number of nitrogens with zero attached hydrogens (tertiary/aromatic N) is 4. The maximum absolute atomic E-state index is 12.9. The van der Waals surface area contributed by atoms with Crippen LogP contribution in [0.25, 0.3) is 0 Å². The second kappa shape index (κ2) is 9.57. The fourth-order valence-corrected chi connectivity index (χ4v) is 4.14. The number of rotatable bonds is 7. The van der Waals surface area contributed by atoms with Crippen LogP contribution in [0.5, 0.6) is 0 Å². The fraction of sp³-hybridized carbons (Fsp3) is 0.167. The molecule has 0 aliphatic rings. The standard InChI is InChI=1S/C24H23N5OS/c1-17-5-6-21(18(2)16-17)31-24-20(4-3-11-26-24)23(30)27-22-10-15-29(28-22)14-9-19-7-12-25-13-8-19/h3-8,10-13,15-16H,9,14H2,1-2H3,(H,27,28,30). The van der Waals surface area contributed by atoms with Gasteiger partial charge in [-0.25, -0.2) is 4.98 Å². The highest BCUT2D eigenvalue weighted by molar-refractivity contribution is 7.99. The lowest BCUT2D eigenvalue weighted by Crippen LogP contribution is -2.14. The number of anilines is 1. The van der Waals surface area contributed by atoms with Crippen molar-refractivity contribution in [2.45, 2.75) is 36.7 Å². The molecule has 6 nitrogen and oxygen atoms in total. The van der Waals surface area contributed by atoms with Crippen LogP contribution in [-0.4, -0.2) is 25.7 Å². The Bertz CT molecular complexity index is 1190. The Balaban J connectivity index is 1.44. The lowest BCUT2D eigenvalue weighted by Gasteiger charge is -2.10. The molecule has 0 aliphatic heterocycles. The molecule has 3 aromatic heterocycles. The summed E-state index contributed by atoms with van der Waals surface area (Å²) < 4.78 is 1.82. The van der Waals surface area contributed by atoms with Crippen LogP contribution in [0.3, 0.4) is 0 Å². The topological polar surface area (TPSA) is 72.7 Å². The predicted octanol–water partition coefficient (Wildman–Crippen LogP) is 4.94. The largest absolute Gasteiger partial charge is 0.305 e. The van der Waals surface area contributed by atoms with E-state index in [-0.39, 0.29) is 5.91 Å². The number of benzene rings is 1. The Morgan fingerprint density at radius 2 is 1.90 bits per heavy atom. The van der Waals surface area contributed by atoms with Crippen LogP contribution in [0, 0.1) is 13.8 Å². The van der Waals surface area contributed by atoms with Crippen molar-refractivity contribution in [2.75, 3.05) is 5.32 Å². The van der Waals surface area contributed by atoms with E-state index in [4.69, 9.17) is 0 Å². The van der Waals surface area contributed by atoms with Crippen molar-refractivity contribution in [3.05, 3.63) is 95.6 Å². The quantitative estimate of drug-likeness (QED) is 0.451. The number of pyridine rings is 2. The molecule has 0 bridgehead atoms. The minimum absolute atomic E-state index is 0.222. The second-order valence-corrected chi connectivity index (χ2v) is 8.28. The normalized spacial score (nSPS) is 10.8. The maximum Gasteiger partial charge on any atom is 0.259 e. The molecule has 1 N–H and O–H groups in total. The van der Waals surface area contributed by atoms with Crippen molar-refractivity contribution in [3.63, 3.8) is 0 Å². The van der Waals surface area contributed by atoms with Gasteiger partial charge in [-0.15, -0.1) is 0 Å². The first-order valence-electron chi connectivity index (χ1n) is 10.0. The molecule has 156 valence electrons. The number of nitrogens with one attached hydrogen (secondary N) is 1. The van der Waals surface area contributed by atoms with Gasteiger partial charge >= 0.3 is 0 Å². The molecule has 1 amide bonds. The molecular weight excluding hydrogens is 406 g/mol. The van der Waals surface area contributed by atoms with Gasteiger partial charge in [-0.05, 0) is 61.7 Å². The Morgan fingerprint density at radius 1 is 1.06 bits per heavy atom. The van der Waals surface area contributed by atoms with E-state index in [1.165, 1.54) is 22.9 Å².